The van der Waals surface area contributed by atoms with Crippen LogP contribution in [-0.2, 0) is 0 Å². The zero-order chi connectivity index (χ0) is 10.1. The molecule has 0 aliphatic heterocycles. The number of halogens is 4. The van der Waals surface area contributed by atoms with Crippen LogP contribution in [0.25, 0.3) is 0 Å². The second-order valence-electron chi connectivity index (χ2n) is 2.58. The van der Waals surface area contributed by atoms with Crippen molar-refractivity contribution >= 4 is 12.4 Å². The Morgan fingerprint density at radius 3 is 2.14 bits per heavy atom. The van der Waals surface area contributed by atoms with Gasteiger partial charge in [0, 0.05) is 5.56 Å². The van der Waals surface area contributed by atoms with E-state index in [1.54, 1.807) is 0 Å². The fourth-order valence-corrected chi connectivity index (χ4v) is 0.927. The molecule has 0 aromatic heterocycles. The van der Waals surface area contributed by atoms with E-state index in [1.807, 2.05) is 0 Å². The maximum absolute atomic E-state index is 12.1. The lowest BCUT2D eigenvalue weighted by molar-refractivity contribution is -0.149. The van der Waals surface area contributed by atoms with Crippen molar-refractivity contribution in [3.05, 3.63) is 29.8 Å². The normalized spacial score (nSPS) is 13.1. The van der Waals surface area contributed by atoms with E-state index in [0.29, 0.717) is 0 Å². The van der Waals surface area contributed by atoms with E-state index in [4.69, 9.17) is 10.8 Å². The third-order valence-corrected chi connectivity index (χ3v) is 1.62. The summed E-state index contributed by atoms with van der Waals surface area (Å²) < 4.78 is 36.2. The van der Waals surface area contributed by atoms with Gasteiger partial charge in [-0.3, -0.25) is 0 Å². The summed E-state index contributed by atoms with van der Waals surface area (Å²) in [7, 11) is 0. The second kappa shape index (κ2) is 4.52. The summed E-state index contributed by atoms with van der Waals surface area (Å²) in [4.78, 5) is 0. The van der Waals surface area contributed by atoms with E-state index >= 15 is 0 Å². The second-order valence-corrected chi connectivity index (χ2v) is 2.58. The van der Waals surface area contributed by atoms with E-state index in [-0.39, 0.29) is 18.0 Å². The summed E-state index contributed by atoms with van der Waals surface area (Å²) in [5.41, 5.74) is 4.58. The van der Waals surface area contributed by atoms with Crippen molar-refractivity contribution < 1.29 is 18.3 Å². The highest BCUT2D eigenvalue weighted by Gasteiger charge is 2.38. The molecule has 0 spiro atoms. The van der Waals surface area contributed by atoms with E-state index in [2.05, 4.69) is 0 Å². The Bertz CT molecular complexity index is 303. The monoisotopic (exact) mass is 227 g/mol. The van der Waals surface area contributed by atoms with Gasteiger partial charge in [0.05, 0.1) is 0 Å². The van der Waals surface area contributed by atoms with Crippen LogP contribution in [0.4, 0.5) is 13.2 Å². The first-order valence-corrected chi connectivity index (χ1v) is 3.53. The Morgan fingerprint density at radius 1 is 1.21 bits per heavy atom. The highest BCUT2D eigenvalue weighted by Crippen LogP contribution is 2.34. The van der Waals surface area contributed by atoms with Crippen LogP contribution in [0.2, 0.25) is 0 Å². The molecule has 0 aliphatic carbocycles. The Balaban J connectivity index is 0.00000169. The summed E-state index contributed by atoms with van der Waals surface area (Å²) in [6.45, 7) is 0. The van der Waals surface area contributed by atoms with Gasteiger partial charge in [-0.25, -0.2) is 0 Å². The molecule has 14 heavy (non-hydrogen) atoms. The molecule has 3 N–H and O–H groups in total. The molecule has 0 radical (unpaired) electrons. The van der Waals surface area contributed by atoms with Gasteiger partial charge < -0.3 is 10.8 Å². The van der Waals surface area contributed by atoms with Crippen molar-refractivity contribution in [3.63, 3.8) is 0 Å². The maximum atomic E-state index is 12.1. The van der Waals surface area contributed by atoms with Crippen LogP contribution >= 0.6 is 12.4 Å². The van der Waals surface area contributed by atoms with E-state index < -0.39 is 18.0 Å². The average Bonchev–Trinajstić information content (AvgIpc) is 2.02. The van der Waals surface area contributed by atoms with Crippen LogP contribution < -0.4 is 5.73 Å². The van der Waals surface area contributed by atoms with Gasteiger partial charge in [0.1, 0.15) is 11.8 Å². The SMILES string of the molecule is Cl.N[C@@H](c1ccccc1O)C(F)(F)F. The van der Waals surface area contributed by atoms with Crippen molar-refractivity contribution in [2.75, 3.05) is 0 Å². The van der Waals surface area contributed by atoms with Gasteiger partial charge in [-0.05, 0) is 6.07 Å². The summed E-state index contributed by atoms with van der Waals surface area (Å²) in [6, 6.07) is 3.01. The van der Waals surface area contributed by atoms with Gasteiger partial charge in [0.25, 0.3) is 0 Å². The molecule has 1 atom stereocenters. The molecule has 80 valence electrons. The van der Waals surface area contributed by atoms with Gasteiger partial charge in [0.2, 0.25) is 0 Å². The molecular weight excluding hydrogens is 219 g/mol. The van der Waals surface area contributed by atoms with Crippen LogP contribution in [0.5, 0.6) is 5.75 Å². The first-order valence-electron chi connectivity index (χ1n) is 3.53. The number of benzene rings is 1. The van der Waals surface area contributed by atoms with Crippen LogP contribution in [0.1, 0.15) is 11.6 Å². The van der Waals surface area contributed by atoms with Crippen LogP contribution in [0.3, 0.4) is 0 Å². The minimum Gasteiger partial charge on any atom is -0.508 e. The predicted molar refractivity (Wildman–Crippen MR) is 48.3 cm³/mol. The predicted octanol–water partition coefficient (Wildman–Crippen LogP) is 2.38. The molecule has 0 fully saturated rings. The number of aromatic hydroxyl groups is 1. The highest BCUT2D eigenvalue weighted by atomic mass is 35.5. The fraction of sp³-hybridized carbons (Fsp3) is 0.250. The van der Waals surface area contributed by atoms with Crippen LogP contribution in [0, 0.1) is 0 Å². The molecular formula is C8H9ClF3NO. The quantitative estimate of drug-likeness (QED) is 0.774. The molecule has 0 unspecified atom stereocenters. The molecule has 0 heterocycles. The first kappa shape index (κ1) is 13.1. The van der Waals surface area contributed by atoms with Gasteiger partial charge in [-0.2, -0.15) is 13.2 Å². The number of hydrogen-bond donors (Lipinski definition) is 2. The maximum Gasteiger partial charge on any atom is 0.407 e. The number of para-hydroxylation sites is 1. The molecule has 1 aromatic rings. The molecule has 2 nitrogen and oxygen atoms in total. The molecule has 0 saturated heterocycles. The summed E-state index contributed by atoms with van der Waals surface area (Å²) >= 11 is 0. The van der Waals surface area contributed by atoms with Crippen molar-refractivity contribution in [1.82, 2.24) is 0 Å². The van der Waals surface area contributed by atoms with E-state index in [1.165, 1.54) is 18.2 Å². The minimum absolute atomic E-state index is 0. The number of alkyl halides is 3. The third-order valence-electron chi connectivity index (χ3n) is 1.62. The number of nitrogens with two attached hydrogens (primary N) is 1. The fourth-order valence-electron chi connectivity index (χ4n) is 0.927. The molecule has 0 amide bonds. The molecule has 1 aromatic carbocycles. The number of phenols is 1. The van der Waals surface area contributed by atoms with Crippen LogP contribution in [-0.4, -0.2) is 11.3 Å². The van der Waals surface area contributed by atoms with Crippen LogP contribution in [0.15, 0.2) is 24.3 Å². The summed E-state index contributed by atoms with van der Waals surface area (Å²) in [5, 5.41) is 9.06. The van der Waals surface area contributed by atoms with Gasteiger partial charge in [-0.15, -0.1) is 12.4 Å². The lowest BCUT2D eigenvalue weighted by Gasteiger charge is -2.16. The molecule has 0 aliphatic rings. The molecule has 0 bridgehead atoms. The number of rotatable bonds is 1. The Hall–Kier alpha value is -0.940. The van der Waals surface area contributed by atoms with Gasteiger partial charge in [-0.1, -0.05) is 18.2 Å². The topological polar surface area (TPSA) is 46.2 Å². The van der Waals surface area contributed by atoms with E-state index in [0.717, 1.165) is 6.07 Å². The van der Waals surface area contributed by atoms with Crippen molar-refractivity contribution in [3.8, 4) is 5.75 Å². The third kappa shape index (κ3) is 2.78. The van der Waals surface area contributed by atoms with Gasteiger partial charge >= 0.3 is 6.18 Å². The van der Waals surface area contributed by atoms with E-state index in [9.17, 15) is 13.2 Å². The minimum atomic E-state index is -4.53. The standard InChI is InChI=1S/C8H8F3NO.ClH/c9-8(10,11)7(12)5-3-1-2-4-6(5)13;/h1-4,7,13H,12H2;1H/t7-;/m0./s1. The smallest absolute Gasteiger partial charge is 0.407 e. The average molecular weight is 228 g/mol. The van der Waals surface area contributed by atoms with Crippen molar-refractivity contribution in [1.29, 1.82) is 0 Å². The molecule has 1 rings (SSSR count). The Kier molecular flexibility index (Phi) is 4.22. The number of phenolic OH excluding ortho intramolecular Hbond substituents is 1. The lowest BCUT2D eigenvalue weighted by atomic mass is 10.1. The zero-order valence-corrected chi connectivity index (χ0v) is 7.77. The highest BCUT2D eigenvalue weighted by molar-refractivity contribution is 5.85. The van der Waals surface area contributed by atoms with Gasteiger partial charge in [0.15, 0.2) is 0 Å². The molecule has 0 saturated carbocycles. The summed E-state index contributed by atoms with van der Waals surface area (Å²) in [6.07, 6.45) is -4.53. The largest absolute Gasteiger partial charge is 0.508 e. The Morgan fingerprint density at radius 2 is 1.71 bits per heavy atom. The number of hydrogen-bond acceptors (Lipinski definition) is 2. The Labute approximate surface area is 84.9 Å². The first-order chi connectivity index (χ1) is 5.93. The molecule has 6 heteroatoms. The summed E-state index contributed by atoms with van der Waals surface area (Å²) in [5.74, 6) is -0.438. The van der Waals surface area contributed by atoms with Crippen molar-refractivity contribution in [2.24, 2.45) is 5.73 Å². The lowest BCUT2D eigenvalue weighted by Crippen LogP contribution is -2.28. The zero-order valence-electron chi connectivity index (χ0n) is 6.95. The van der Waals surface area contributed by atoms with Crippen molar-refractivity contribution in [2.45, 2.75) is 12.2 Å².